The van der Waals surface area contributed by atoms with Gasteiger partial charge in [-0.2, -0.15) is 0 Å². The fourth-order valence-corrected chi connectivity index (χ4v) is 1.22. The number of hydrogen-bond donors (Lipinski definition) is 2. The zero-order valence-electron chi connectivity index (χ0n) is 7.21. The van der Waals surface area contributed by atoms with Gasteiger partial charge in [-0.25, -0.2) is 4.39 Å². The van der Waals surface area contributed by atoms with E-state index in [1.807, 2.05) is 0 Å². The molecule has 1 aromatic carbocycles. The lowest BCUT2D eigenvalue weighted by Gasteiger charge is -2.07. The standard InChI is InChI=1S/C9H9ClFNO2/c10-7-2-1-6(11)3-5(7)4-8(12)9(13)14/h1-3,8H,4,12H2,(H,13,14)/t8-/m1/s1. The van der Waals surface area contributed by atoms with Gasteiger partial charge in [-0.05, 0) is 30.2 Å². The number of carboxylic acids is 1. The van der Waals surface area contributed by atoms with Crippen LogP contribution in [-0.2, 0) is 11.2 Å². The summed E-state index contributed by atoms with van der Waals surface area (Å²) >= 11 is 5.73. The molecular formula is C9H9ClFNO2. The Kier molecular flexibility index (Phi) is 3.43. The zero-order chi connectivity index (χ0) is 10.7. The maximum absolute atomic E-state index is 12.8. The van der Waals surface area contributed by atoms with Crippen molar-refractivity contribution in [1.82, 2.24) is 0 Å². The summed E-state index contributed by atoms with van der Waals surface area (Å²) in [6.07, 6.45) is 0.0198. The Morgan fingerprint density at radius 1 is 1.64 bits per heavy atom. The van der Waals surface area contributed by atoms with Crippen LogP contribution in [0.25, 0.3) is 0 Å². The minimum absolute atomic E-state index is 0.0198. The van der Waals surface area contributed by atoms with Gasteiger partial charge in [-0.3, -0.25) is 4.79 Å². The number of nitrogens with two attached hydrogens (primary N) is 1. The fraction of sp³-hybridized carbons (Fsp3) is 0.222. The van der Waals surface area contributed by atoms with Crippen LogP contribution < -0.4 is 5.73 Å². The normalized spacial score (nSPS) is 12.5. The van der Waals surface area contributed by atoms with Gasteiger partial charge in [0.2, 0.25) is 0 Å². The number of carboxylic acid groups (broad SMARTS) is 1. The molecule has 1 atom stereocenters. The summed E-state index contributed by atoms with van der Waals surface area (Å²) in [5.41, 5.74) is 5.69. The fourth-order valence-electron chi connectivity index (χ4n) is 1.02. The summed E-state index contributed by atoms with van der Waals surface area (Å²) < 4.78 is 12.8. The molecule has 0 amide bonds. The molecule has 76 valence electrons. The van der Waals surface area contributed by atoms with Crippen LogP contribution in [-0.4, -0.2) is 17.1 Å². The van der Waals surface area contributed by atoms with E-state index in [2.05, 4.69) is 0 Å². The number of hydrogen-bond acceptors (Lipinski definition) is 2. The molecule has 0 unspecified atom stereocenters. The maximum atomic E-state index is 12.8. The third-order valence-electron chi connectivity index (χ3n) is 1.76. The average molecular weight is 218 g/mol. The lowest BCUT2D eigenvalue weighted by Crippen LogP contribution is -2.32. The van der Waals surface area contributed by atoms with Crippen molar-refractivity contribution in [2.45, 2.75) is 12.5 Å². The van der Waals surface area contributed by atoms with Gasteiger partial charge in [-0.15, -0.1) is 0 Å². The minimum atomic E-state index is -1.13. The molecule has 0 aliphatic heterocycles. The van der Waals surface area contributed by atoms with E-state index in [1.165, 1.54) is 18.2 Å². The van der Waals surface area contributed by atoms with Gasteiger partial charge in [0, 0.05) is 5.02 Å². The van der Waals surface area contributed by atoms with Crippen LogP contribution in [0.2, 0.25) is 5.02 Å². The number of halogens is 2. The third kappa shape index (κ3) is 2.68. The Balaban J connectivity index is 2.85. The van der Waals surface area contributed by atoms with E-state index in [1.54, 1.807) is 0 Å². The van der Waals surface area contributed by atoms with Gasteiger partial charge >= 0.3 is 5.97 Å². The highest BCUT2D eigenvalue weighted by Gasteiger charge is 2.14. The van der Waals surface area contributed by atoms with E-state index < -0.39 is 17.8 Å². The number of aliphatic carboxylic acids is 1. The molecule has 1 rings (SSSR count). The Hall–Kier alpha value is -1.13. The molecule has 0 fully saturated rings. The van der Waals surface area contributed by atoms with Gasteiger partial charge in [-0.1, -0.05) is 11.6 Å². The molecular weight excluding hydrogens is 209 g/mol. The second-order valence-electron chi connectivity index (χ2n) is 2.88. The predicted molar refractivity (Wildman–Crippen MR) is 50.7 cm³/mol. The molecule has 3 N–H and O–H groups in total. The Morgan fingerprint density at radius 2 is 2.29 bits per heavy atom. The molecule has 14 heavy (non-hydrogen) atoms. The molecule has 1 aromatic rings. The van der Waals surface area contributed by atoms with E-state index in [-0.39, 0.29) is 6.42 Å². The smallest absolute Gasteiger partial charge is 0.320 e. The molecule has 0 aromatic heterocycles. The van der Waals surface area contributed by atoms with Crippen LogP contribution in [0.3, 0.4) is 0 Å². The summed E-state index contributed by atoms with van der Waals surface area (Å²) in [5, 5.41) is 8.86. The van der Waals surface area contributed by atoms with E-state index in [4.69, 9.17) is 22.4 Å². The first kappa shape index (κ1) is 10.9. The average Bonchev–Trinajstić information content (AvgIpc) is 2.11. The van der Waals surface area contributed by atoms with E-state index >= 15 is 0 Å². The summed E-state index contributed by atoms with van der Waals surface area (Å²) in [4.78, 5) is 10.4. The van der Waals surface area contributed by atoms with Crippen LogP contribution in [0.5, 0.6) is 0 Å². The van der Waals surface area contributed by atoms with Crippen LogP contribution in [0.4, 0.5) is 4.39 Å². The first-order valence-corrected chi connectivity index (χ1v) is 4.31. The summed E-state index contributed by atoms with van der Waals surface area (Å²) in [6.45, 7) is 0. The van der Waals surface area contributed by atoms with Crippen LogP contribution >= 0.6 is 11.6 Å². The highest BCUT2D eigenvalue weighted by molar-refractivity contribution is 6.31. The Bertz CT molecular complexity index is 357. The molecule has 0 aliphatic carbocycles. The SMILES string of the molecule is N[C@H](Cc1cc(F)ccc1Cl)C(=O)O. The first-order valence-electron chi connectivity index (χ1n) is 3.93. The highest BCUT2D eigenvalue weighted by Crippen LogP contribution is 2.18. The maximum Gasteiger partial charge on any atom is 0.320 e. The van der Waals surface area contributed by atoms with Crippen molar-refractivity contribution >= 4 is 17.6 Å². The predicted octanol–water partition coefficient (Wildman–Crippen LogP) is 1.43. The van der Waals surface area contributed by atoms with Crippen molar-refractivity contribution in [2.75, 3.05) is 0 Å². The van der Waals surface area contributed by atoms with Gasteiger partial charge in [0.25, 0.3) is 0 Å². The molecule has 3 nitrogen and oxygen atoms in total. The van der Waals surface area contributed by atoms with Gasteiger partial charge in [0.1, 0.15) is 11.9 Å². The first-order chi connectivity index (χ1) is 6.50. The quantitative estimate of drug-likeness (QED) is 0.805. The molecule has 5 heteroatoms. The second-order valence-corrected chi connectivity index (χ2v) is 3.29. The lowest BCUT2D eigenvalue weighted by atomic mass is 10.1. The molecule has 0 saturated heterocycles. The zero-order valence-corrected chi connectivity index (χ0v) is 7.96. The molecule has 0 heterocycles. The minimum Gasteiger partial charge on any atom is -0.480 e. The van der Waals surface area contributed by atoms with Crippen LogP contribution in [0.1, 0.15) is 5.56 Å². The van der Waals surface area contributed by atoms with Crippen molar-refractivity contribution in [3.63, 3.8) is 0 Å². The third-order valence-corrected chi connectivity index (χ3v) is 2.13. The van der Waals surface area contributed by atoms with Gasteiger partial charge in [0.05, 0.1) is 0 Å². The van der Waals surface area contributed by atoms with Crippen molar-refractivity contribution < 1.29 is 14.3 Å². The largest absolute Gasteiger partial charge is 0.480 e. The number of carbonyl (C=O) groups is 1. The molecule has 0 radical (unpaired) electrons. The number of rotatable bonds is 3. The molecule has 0 aliphatic rings. The topological polar surface area (TPSA) is 63.3 Å². The van der Waals surface area contributed by atoms with Crippen LogP contribution in [0, 0.1) is 5.82 Å². The second kappa shape index (κ2) is 4.39. The molecule has 0 spiro atoms. The highest BCUT2D eigenvalue weighted by atomic mass is 35.5. The van der Waals surface area contributed by atoms with Crippen molar-refractivity contribution in [2.24, 2.45) is 5.73 Å². The summed E-state index contributed by atoms with van der Waals surface area (Å²) in [6, 6.07) is 2.71. The van der Waals surface area contributed by atoms with Crippen molar-refractivity contribution in [1.29, 1.82) is 0 Å². The van der Waals surface area contributed by atoms with Gasteiger partial charge in [0.15, 0.2) is 0 Å². The monoisotopic (exact) mass is 217 g/mol. The van der Waals surface area contributed by atoms with E-state index in [0.29, 0.717) is 10.6 Å². The molecule has 0 saturated carbocycles. The number of benzene rings is 1. The van der Waals surface area contributed by atoms with Crippen molar-refractivity contribution in [3.8, 4) is 0 Å². The Labute approximate surface area is 85.3 Å². The van der Waals surface area contributed by atoms with Gasteiger partial charge < -0.3 is 10.8 Å². The Morgan fingerprint density at radius 3 is 2.86 bits per heavy atom. The summed E-state index contributed by atoms with van der Waals surface area (Å²) in [7, 11) is 0. The summed E-state index contributed by atoms with van der Waals surface area (Å²) in [5.74, 6) is -1.59. The van der Waals surface area contributed by atoms with E-state index in [9.17, 15) is 9.18 Å². The lowest BCUT2D eigenvalue weighted by molar-refractivity contribution is -0.138. The van der Waals surface area contributed by atoms with Crippen molar-refractivity contribution in [3.05, 3.63) is 34.6 Å². The van der Waals surface area contributed by atoms with Crippen LogP contribution in [0.15, 0.2) is 18.2 Å². The van der Waals surface area contributed by atoms with E-state index in [0.717, 1.165) is 0 Å². The molecule has 0 bridgehead atoms.